The molecular weight excluding hydrogens is 274 g/mol. The van der Waals surface area contributed by atoms with Crippen LogP contribution in [0.3, 0.4) is 0 Å². The molecule has 0 aliphatic rings. The Morgan fingerprint density at radius 3 is 2.10 bits per heavy atom. The van der Waals surface area contributed by atoms with Crippen molar-refractivity contribution in [1.29, 1.82) is 0 Å². The second-order valence-electron chi connectivity index (χ2n) is 4.30. The molecule has 0 saturated carbocycles. The highest BCUT2D eigenvalue weighted by atomic mass is 32.1. The Bertz CT molecular complexity index is 605. The molecule has 0 N–H and O–H groups in total. The third-order valence-corrected chi connectivity index (χ3v) is 3.73. The topological polar surface area (TPSA) is 46.6 Å². The third kappa shape index (κ3) is 2.83. The number of carbonyl (C=O) groups excluding carboxylic acids is 1. The Morgan fingerprint density at radius 2 is 1.65 bits per heavy atom. The summed E-state index contributed by atoms with van der Waals surface area (Å²) in [5, 5.41) is 1.89. The molecule has 0 unspecified atom stereocenters. The van der Waals surface area contributed by atoms with Gasteiger partial charge in [-0.2, -0.15) is 0 Å². The van der Waals surface area contributed by atoms with E-state index >= 15 is 0 Å². The third-order valence-electron chi connectivity index (χ3n) is 2.87. The molecule has 0 spiro atoms. The van der Waals surface area contributed by atoms with Crippen LogP contribution in [0.25, 0.3) is 0 Å². The zero-order valence-electron chi connectivity index (χ0n) is 10.7. The van der Waals surface area contributed by atoms with Crippen LogP contribution in [0.4, 0.5) is 0 Å². The van der Waals surface area contributed by atoms with Crippen LogP contribution in [-0.4, -0.2) is 10.8 Å². The van der Waals surface area contributed by atoms with Gasteiger partial charge in [-0.05, 0) is 35.7 Å². The summed E-state index contributed by atoms with van der Waals surface area (Å²) in [7, 11) is 0. The van der Waals surface area contributed by atoms with Gasteiger partial charge in [0.05, 0.1) is 30.5 Å². The van der Waals surface area contributed by atoms with Crippen LogP contribution in [0.15, 0.2) is 63.1 Å². The first-order chi connectivity index (χ1) is 9.83. The van der Waals surface area contributed by atoms with Gasteiger partial charge >= 0.3 is 0 Å². The highest BCUT2D eigenvalue weighted by Crippen LogP contribution is 2.17. The van der Waals surface area contributed by atoms with Crippen molar-refractivity contribution in [2.75, 3.05) is 0 Å². The molecule has 0 aliphatic carbocycles. The van der Waals surface area contributed by atoms with Crippen molar-refractivity contribution in [3.63, 3.8) is 0 Å². The predicted octanol–water partition coefficient (Wildman–Crippen LogP) is 3.78. The number of rotatable bonds is 5. The Balaban J connectivity index is 1.81. The maximum absolute atomic E-state index is 12.5. The summed E-state index contributed by atoms with van der Waals surface area (Å²) in [5.74, 6) is 1.48. The van der Waals surface area contributed by atoms with Crippen molar-refractivity contribution < 1.29 is 13.6 Å². The maximum Gasteiger partial charge on any atom is 0.264 e. The zero-order chi connectivity index (χ0) is 13.8. The quantitative estimate of drug-likeness (QED) is 0.717. The highest BCUT2D eigenvalue weighted by molar-refractivity contribution is 7.12. The fourth-order valence-corrected chi connectivity index (χ4v) is 2.63. The summed E-state index contributed by atoms with van der Waals surface area (Å²) in [6, 6.07) is 11.0. The van der Waals surface area contributed by atoms with Crippen molar-refractivity contribution in [2.24, 2.45) is 0 Å². The first-order valence-corrected chi connectivity index (χ1v) is 7.08. The van der Waals surface area contributed by atoms with Gasteiger partial charge < -0.3 is 13.7 Å². The SMILES string of the molecule is O=C(c1cccs1)N(Cc1ccco1)Cc1ccco1. The van der Waals surface area contributed by atoms with Gasteiger partial charge in [0.2, 0.25) is 0 Å². The molecule has 4 nitrogen and oxygen atoms in total. The second kappa shape index (κ2) is 5.79. The normalized spacial score (nSPS) is 10.6. The molecule has 0 aliphatic heterocycles. The van der Waals surface area contributed by atoms with Gasteiger partial charge in [-0.1, -0.05) is 6.07 Å². The fourth-order valence-electron chi connectivity index (χ4n) is 1.94. The Kier molecular flexibility index (Phi) is 3.69. The molecule has 102 valence electrons. The van der Waals surface area contributed by atoms with Crippen LogP contribution >= 0.6 is 11.3 Å². The number of carbonyl (C=O) groups is 1. The van der Waals surface area contributed by atoms with Crippen molar-refractivity contribution >= 4 is 17.2 Å². The standard InChI is InChI=1S/C15H13NO3S/c17-15(14-6-3-9-20-14)16(10-12-4-1-7-18-12)11-13-5-2-8-19-13/h1-9H,10-11H2. The summed E-state index contributed by atoms with van der Waals surface area (Å²) in [6.45, 7) is 0.842. The minimum absolute atomic E-state index is 0.0206. The summed E-state index contributed by atoms with van der Waals surface area (Å²) in [6.07, 6.45) is 3.21. The molecule has 3 heterocycles. The lowest BCUT2D eigenvalue weighted by molar-refractivity contribution is 0.0710. The molecule has 0 atom stereocenters. The molecule has 3 aromatic heterocycles. The van der Waals surface area contributed by atoms with Gasteiger partial charge in [-0.15, -0.1) is 11.3 Å². The molecule has 0 saturated heterocycles. The van der Waals surface area contributed by atoms with Gasteiger partial charge in [0.25, 0.3) is 5.91 Å². The van der Waals surface area contributed by atoms with E-state index in [0.717, 1.165) is 11.5 Å². The van der Waals surface area contributed by atoms with Gasteiger partial charge in [-0.25, -0.2) is 0 Å². The predicted molar refractivity (Wildman–Crippen MR) is 75.3 cm³/mol. The minimum atomic E-state index is -0.0206. The molecule has 0 fully saturated rings. The van der Waals surface area contributed by atoms with Gasteiger partial charge in [0.15, 0.2) is 0 Å². The summed E-state index contributed by atoms with van der Waals surface area (Å²) >= 11 is 1.43. The summed E-state index contributed by atoms with van der Waals surface area (Å²) in [5.41, 5.74) is 0. The smallest absolute Gasteiger partial charge is 0.264 e. The molecule has 0 bridgehead atoms. The van der Waals surface area contributed by atoms with Crippen LogP contribution in [0.5, 0.6) is 0 Å². The minimum Gasteiger partial charge on any atom is -0.467 e. The number of nitrogens with zero attached hydrogens (tertiary/aromatic N) is 1. The van der Waals surface area contributed by atoms with E-state index in [1.54, 1.807) is 17.4 Å². The molecule has 0 radical (unpaired) electrons. The van der Waals surface area contributed by atoms with E-state index in [0.29, 0.717) is 18.0 Å². The first kappa shape index (κ1) is 12.7. The van der Waals surface area contributed by atoms with E-state index in [9.17, 15) is 4.79 Å². The molecular formula is C15H13NO3S. The van der Waals surface area contributed by atoms with Gasteiger partial charge in [0.1, 0.15) is 11.5 Å². The number of amides is 1. The molecule has 0 aromatic carbocycles. The Hall–Kier alpha value is -2.27. The van der Waals surface area contributed by atoms with E-state index in [-0.39, 0.29) is 5.91 Å². The van der Waals surface area contributed by atoms with Crippen molar-refractivity contribution in [1.82, 2.24) is 4.90 Å². The molecule has 1 amide bonds. The van der Waals surface area contributed by atoms with E-state index in [4.69, 9.17) is 8.83 Å². The average Bonchev–Trinajstić information content (AvgIpc) is 3.20. The summed E-state index contributed by atoms with van der Waals surface area (Å²) in [4.78, 5) is 14.9. The van der Waals surface area contributed by atoms with E-state index in [1.807, 2.05) is 41.8 Å². The maximum atomic E-state index is 12.5. The highest BCUT2D eigenvalue weighted by Gasteiger charge is 2.19. The number of thiophene rings is 1. The number of hydrogen-bond acceptors (Lipinski definition) is 4. The van der Waals surface area contributed by atoms with Crippen LogP contribution in [0.1, 0.15) is 21.2 Å². The van der Waals surface area contributed by atoms with Crippen molar-refractivity contribution in [2.45, 2.75) is 13.1 Å². The zero-order valence-corrected chi connectivity index (χ0v) is 11.5. The lowest BCUT2D eigenvalue weighted by Crippen LogP contribution is -2.29. The van der Waals surface area contributed by atoms with E-state index in [1.165, 1.54) is 11.3 Å². The molecule has 3 rings (SSSR count). The average molecular weight is 287 g/mol. The second-order valence-corrected chi connectivity index (χ2v) is 5.24. The molecule has 5 heteroatoms. The first-order valence-electron chi connectivity index (χ1n) is 6.20. The Labute approximate surface area is 120 Å². The lowest BCUT2D eigenvalue weighted by Gasteiger charge is -2.19. The van der Waals surface area contributed by atoms with Crippen molar-refractivity contribution in [3.8, 4) is 0 Å². The van der Waals surface area contributed by atoms with Gasteiger partial charge in [-0.3, -0.25) is 4.79 Å². The lowest BCUT2D eigenvalue weighted by atomic mass is 10.3. The van der Waals surface area contributed by atoms with Crippen molar-refractivity contribution in [3.05, 3.63) is 70.7 Å². The van der Waals surface area contributed by atoms with Crippen LogP contribution in [-0.2, 0) is 13.1 Å². The number of furan rings is 2. The van der Waals surface area contributed by atoms with Crippen LogP contribution in [0, 0.1) is 0 Å². The monoisotopic (exact) mass is 287 g/mol. The number of hydrogen-bond donors (Lipinski definition) is 0. The summed E-state index contributed by atoms with van der Waals surface area (Å²) < 4.78 is 10.7. The molecule has 20 heavy (non-hydrogen) atoms. The fraction of sp³-hybridized carbons (Fsp3) is 0.133. The van der Waals surface area contributed by atoms with E-state index in [2.05, 4.69) is 0 Å². The van der Waals surface area contributed by atoms with Crippen LogP contribution < -0.4 is 0 Å². The van der Waals surface area contributed by atoms with Gasteiger partial charge in [0, 0.05) is 0 Å². The Morgan fingerprint density at radius 1 is 1.00 bits per heavy atom. The largest absolute Gasteiger partial charge is 0.467 e. The van der Waals surface area contributed by atoms with E-state index < -0.39 is 0 Å². The molecule has 3 aromatic rings. The van der Waals surface area contributed by atoms with Crippen LogP contribution in [0.2, 0.25) is 0 Å².